The van der Waals surface area contributed by atoms with Crippen LogP contribution in [0.4, 0.5) is 11.4 Å². The third-order valence-corrected chi connectivity index (χ3v) is 6.27. The lowest BCUT2D eigenvalue weighted by Crippen LogP contribution is -3.13. The molecule has 0 atom stereocenters. The maximum atomic E-state index is 12.6. The number of rotatable bonds is 5. The molecule has 2 N–H and O–H groups in total. The summed E-state index contributed by atoms with van der Waals surface area (Å²) in [6.07, 6.45) is 0. The van der Waals surface area contributed by atoms with E-state index in [4.69, 9.17) is 0 Å². The molecule has 4 rings (SSSR count). The van der Waals surface area contributed by atoms with Gasteiger partial charge in [0.25, 0.3) is 5.91 Å². The molecule has 0 spiro atoms. The molecule has 0 radical (unpaired) electrons. The van der Waals surface area contributed by atoms with Crippen LogP contribution in [0.15, 0.2) is 78.9 Å². The van der Waals surface area contributed by atoms with Crippen molar-refractivity contribution in [2.24, 2.45) is 0 Å². The highest BCUT2D eigenvalue weighted by atomic mass is 16.1. The van der Waals surface area contributed by atoms with Crippen molar-refractivity contribution in [3.63, 3.8) is 0 Å². The minimum absolute atomic E-state index is 0.0728. The fourth-order valence-corrected chi connectivity index (χ4v) is 4.22. The number of benzene rings is 3. The molecule has 4 heteroatoms. The first-order chi connectivity index (χ1) is 15.4. The molecule has 32 heavy (non-hydrogen) atoms. The van der Waals surface area contributed by atoms with Gasteiger partial charge in [-0.1, -0.05) is 63.2 Å². The van der Waals surface area contributed by atoms with Crippen LogP contribution in [-0.4, -0.2) is 32.1 Å². The average molecular weight is 429 g/mol. The van der Waals surface area contributed by atoms with E-state index in [0.29, 0.717) is 5.56 Å². The van der Waals surface area contributed by atoms with Crippen molar-refractivity contribution in [1.82, 2.24) is 0 Å². The highest BCUT2D eigenvalue weighted by Crippen LogP contribution is 2.23. The molecule has 1 saturated heterocycles. The van der Waals surface area contributed by atoms with Crippen molar-refractivity contribution in [3.8, 4) is 0 Å². The number of quaternary nitrogens is 1. The van der Waals surface area contributed by atoms with E-state index >= 15 is 0 Å². The van der Waals surface area contributed by atoms with Crippen molar-refractivity contribution >= 4 is 17.3 Å². The lowest BCUT2D eigenvalue weighted by atomic mass is 9.87. The maximum absolute atomic E-state index is 12.6. The molecule has 0 unspecified atom stereocenters. The first-order valence-electron chi connectivity index (χ1n) is 11.5. The molecule has 3 aromatic rings. The molecule has 1 fully saturated rings. The number of hydrogen-bond acceptors (Lipinski definition) is 2. The number of amides is 1. The molecular formula is C28H34N3O+. The number of nitrogens with one attached hydrogen (secondary N) is 2. The van der Waals surface area contributed by atoms with Gasteiger partial charge < -0.3 is 15.1 Å². The topological polar surface area (TPSA) is 36.8 Å². The van der Waals surface area contributed by atoms with Crippen molar-refractivity contribution in [2.45, 2.75) is 32.7 Å². The summed E-state index contributed by atoms with van der Waals surface area (Å²) < 4.78 is 0. The molecule has 166 valence electrons. The molecule has 0 aromatic heterocycles. The largest absolute Gasteiger partial charge is 0.360 e. The van der Waals surface area contributed by atoms with E-state index in [2.05, 4.69) is 73.5 Å². The van der Waals surface area contributed by atoms with Gasteiger partial charge in [0, 0.05) is 22.5 Å². The summed E-state index contributed by atoms with van der Waals surface area (Å²) in [7, 11) is 0. The predicted octanol–water partition coefficient (Wildman–Crippen LogP) is 4.14. The zero-order valence-corrected chi connectivity index (χ0v) is 19.4. The zero-order chi connectivity index (χ0) is 22.6. The van der Waals surface area contributed by atoms with Gasteiger partial charge in [-0.2, -0.15) is 0 Å². The Morgan fingerprint density at radius 3 is 2.09 bits per heavy atom. The van der Waals surface area contributed by atoms with Crippen LogP contribution in [0.1, 0.15) is 42.3 Å². The molecule has 1 amide bonds. The third kappa shape index (κ3) is 5.57. The fraction of sp³-hybridized carbons (Fsp3) is 0.321. The molecular weight excluding hydrogens is 394 g/mol. The van der Waals surface area contributed by atoms with Gasteiger partial charge in [0.2, 0.25) is 0 Å². The van der Waals surface area contributed by atoms with Gasteiger partial charge in [-0.3, -0.25) is 4.79 Å². The van der Waals surface area contributed by atoms with E-state index in [9.17, 15) is 4.79 Å². The van der Waals surface area contributed by atoms with Crippen LogP contribution in [0, 0.1) is 0 Å². The Balaban J connectivity index is 1.30. The van der Waals surface area contributed by atoms with E-state index in [0.717, 1.165) is 38.4 Å². The smallest absolute Gasteiger partial charge is 0.255 e. The Hall–Kier alpha value is -3.11. The number of hydrogen-bond donors (Lipinski definition) is 2. The van der Waals surface area contributed by atoms with Crippen molar-refractivity contribution in [2.75, 3.05) is 36.4 Å². The summed E-state index contributed by atoms with van der Waals surface area (Å²) in [5.74, 6) is -0.0728. The molecule has 0 saturated carbocycles. The van der Waals surface area contributed by atoms with Crippen LogP contribution in [-0.2, 0) is 12.0 Å². The second-order valence-electron chi connectivity index (χ2n) is 9.73. The number of carbonyl (C=O) groups excluding carboxylic acids is 1. The molecule has 1 aliphatic rings. The molecule has 0 aliphatic carbocycles. The number of piperazine rings is 1. The molecule has 4 nitrogen and oxygen atoms in total. The summed E-state index contributed by atoms with van der Waals surface area (Å²) in [5, 5.41) is 3.02. The zero-order valence-electron chi connectivity index (χ0n) is 19.4. The lowest BCUT2D eigenvalue weighted by Gasteiger charge is -2.33. The molecule has 0 bridgehead atoms. The molecule has 3 aromatic carbocycles. The minimum atomic E-state index is -0.0728. The first-order valence-corrected chi connectivity index (χ1v) is 11.5. The molecule has 1 aliphatic heterocycles. The maximum Gasteiger partial charge on any atom is 0.255 e. The Kier molecular flexibility index (Phi) is 6.61. The second kappa shape index (κ2) is 9.58. The van der Waals surface area contributed by atoms with Gasteiger partial charge in [0.05, 0.1) is 26.2 Å². The highest BCUT2D eigenvalue weighted by Gasteiger charge is 2.20. The normalized spacial score (nSPS) is 14.9. The summed E-state index contributed by atoms with van der Waals surface area (Å²) in [6.45, 7) is 12.0. The van der Waals surface area contributed by atoms with Crippen LogP contribution in [0.2, 0.25) is 0 Å². The first kappa shape index (κ1) is 22.1. The van der Waals surface area contributed by atoms with Gasteiger partial charge in [-0.25, -0.2) is 0 Å². The van der Waals surface area contributed by atoms with E-state index in [1.54, 1.807) is 4.90 Å². The number of anilines is 2. The minimum Gasteiger partial charge on any atom is -0.360 e. The van der Waals surface area contributed by atoms with E-state index in [1.165, 1.54) is 16.8 Å². The van der Waals surface area contributed by atoms with E-state index in [-0.39, 0.29) is 11.3 Å². The average Bonchev–Trinajstić information content (AvgIpc) is 2.80. The predicted molar refractivity (Wildman–Crippen MR) is 133 cm³/mol. The molecule has 1 heterocycles. The number of nitrogens with zero attached hydrogens (tertiary/aromatic N) is 1. The SMILES string of the molecule is CC(C)(C)c1ccc(C(=O)Nc2ccc(N3CC[NH+](Cc4ccccc4)CC3)cc2)cc1. The van der Waals surface area contributed by atoms with Crippen LogP contribution >= 0.6 is 0 Å². The Labute approximate surface area is 191 Å². The van der Waals surface area contributed by atoms with Crippen LogP contribution in [0.25, 0.3) is 0 Å². The Morgan fingerprint density at radius 1 is 0.875 bits per heavy atom. The van der Waals surface area contributed by atoms with Crippen LogP contribution in [0.3, 0.4) is 0 Å². The van der Waals surface area contributed by atoms with Crippen molar-refractivity contribution in [1.29, 1.82) is 0 Å². The van der Waals surface area contributed by atoms with Crippen molar-refractivity contribution in [3.05, 3.63) is 95.6 Å². The summed E-state index contributed by atoms with van der Waals surface area (Å²) >= 11 is 0. The van der Waals surface area contributed by atoms with Gasteiger partial charge in [0.1, 0.15) is 6.54 Å². The number of carbonyl (C=O) groups is 1. The highest BCUT2D eigenvalue weighted by molar-refractivity contribution is 6.04. The quantitative estimate of drug-likeness (QED) is 0.641. The summed E-state index contributed by atoms with van der Waals surface area (Å²) in [5.41, 5.74) is 5.44. The van der Waals surface area contributed by atoms with E-state index < -0.39 is 0 Å². The lowest BCUT2D eigenvalue weighted by molar-refractivity contribution is -0.914. The van der Waals surface area contributed by atoms with Crippen LogP contribution in [0.5, 0.6) is 0 Å². The van der Waals surface area contributed by atoms with Crippen molar-refractivity contribution < 1.29 is 9.69 Å². The summed E-state index contributed by atoms with van der Waals surface area (Å²) in [4.78, 5) is 16.7. The fourth-order valence-electron chi connectivity index (χ4n) is 4.22. The summed E-state index contributed by atoms with van der Waals surface area (Å²) in [6, 6.07) is 26.8. The second-order valence-corrected chi connectivity index (χ2v) is 9.73. The standard InChI is InChI=1S/C28H33N3O/c1-28(2,3)24-11-9-23(10-12-24)27(32)29-25-13-15-26(16-14-25)31-19-17-30(18-20-31)21-22-7-5-4-6-8-22/h4-16H,17-21H2,1-3H3,(H,29,32)/p+1. The van der Waals surface area contributed by atoms with Gasteiger partial charge in [-0.15, -0.1) is 0 Å². The van der Waals surface area contributed by atoms with Gasteiger partial charge >= 0.3 is 0 Å². The van der Waals surface area contributed by atoms with Gasteiger partial charge in [0.15, 0.2) is 0 Å². The third-order valence-electron chi connectivity index (χ3n) is 6.27. The van der Waals surface area contributed by atoms with E-state index in [1.807, 2.05) is 36.4 Å². The van der Waals surface area contributed by atoms with Gasteiger partial charge in [-0.05, 0) is 47.4 Å². The van der Waals surface area contributed by atoms with Crippen LogP contribution < -0.4 is 15.1 Å². The monoisotopic (exact) mass is 428 g/mol. The Bertz CT molecular complexity index is 1010. The Morgan fingerprint density at radius 2 is 1.50 bits per heavy atom.